The minimum Gasteiger partial charge on any atom is -0.496 e. The Bertz CT molecular complexity index is 1090. The number of dihydropyridines is 1. The summed E-state index contributed by atoms with van der Waals surface area (Å²) in [5.74, 6) is 0.143. The minimum atomic E-state index is -4.38. The first kappa shape index (κ1) is 26.9. The molecule has 36 heavy (non-hydrogen) atoms. The summed E-state index contributed by atoms with van der Waals surface area (Å²) in [7, 11) is 1.35. The molecule has 0 aliphatic carbocycles. The van der Waals surface area contributed by atoms with Gasteiger partial charge in [0, 0.05) is 62.0 Å². The molecule has 0 radical (unpaired) electrons. The number of nitrogens with zero attached hydrogens (tertiary/aromatic N) is 3. The molecule has 0 atom stereocenters. The molecule has 10 heteroatoms. The first-order chi connectivity index (χ1) is 17.3. The molecule has 1 aromatic carbocycles. The summed E-state index contributed by atoms with van der Waals surface area (Å²) in [5, 5.41) is 23.1. The number of alkyl halides is 3. The minimum absolute atomic E-state index is 0.0961. The molecule has 2 aliphatic rings. The van der Waals surface area contributed by atoms with E-state index in [0.717, 1.165) is 31.9 Å². The summed E-state index contributed by atoms with van der Waals surface area (Å²) in [6.07, 6.45) is 3.24. The quantitative estimate of drug-likeness (QED) is 0.259. The van der Waals surface area contributed by atoms with E-state index in [4.69, 9.17) is 15.4 Å². The van der Waals surface area contributed by atoms with Gasteiger partial charge in [-0.05, 0) is 42.0 Å². The molecule has 192 valence electrons. The number of halogens is 3. The van der Waals surface area contributed by atoms with Crippen LogP contribution in [0.4, 0.5) is 13.2 Å². The van der Waals surface area contributed by atoms with Crippen LogP contribution in [0.1, 0.15) is 16.7 Å². The van der Waals surface area contributed by atoms with Gasteiger partial charge in [0.1, 0.15) is 5.75 Å². The van der Waals surface area contributed by atoms with E-state index in [1.165, 1.54) is 19.5 Å². The topological polar surface area (TPSA) is 87.4 Å². The van der Waals surface area contributed by atoms with Crippen LogP contribution in [0.5, 0.6) is 5.75 Å². The molecule has 3 rings (SSSR count). The van der Waals surface area contributed by atoms with Gasteiger partial charge in [-0.3, -0.25) is 4.90 Å². The molecule has 7 nitrogen and oxygen atoms in total. The summed E-state index contributed by atoms with van der Waals surface area (Å²) in [6, 6.07) is 5.44. The second-order valence-corrected chi connectivity index (χ2v) is 8.46. The molecule has 3 N–H and O–H groups in total. The maximum atomic E-state index is 13.3. The van der Waals surface area contributed by atoms with Crippen LogP contribution in [0.3, 0.4) is 0 Å². The third-order valence-electron chi connectivity index (χ3n) is 6.16. The second kappa shape index (κ2) is 12.3. The van der Waals surface area contributed by atoms with E-state index in [1.54, 1.807) is 12.1 Å². The maximum absolute atomic E-state index is 13.3. The van der Waals surface area contributed by atoms with E-state index in [2.05, 4.69) is 33.1 Å². The third kappa shape index (κ3) is 6.92. The highest BCUT2D eigenvalue weighted by Crippen LogP contribution is 2.34. The van der Waals surface area contributed by atoms with Gasteiger partial charge < -0.3 is 25.7 Å². The summed E-state index contributed by atoms with van der Waals surface area (Å²) in [5.41, 5.74) is 3.39. The van der Waals surface area contributed by atoms with Gasteiger partial charge in [-0.15, -0.1) is 0 Å². The van der Waals surface area contributed by atoms with Crippen LogP contribution in [0.25, 0.3) is 5.57 Å². The van der Waals surface area contributed by atoms with Crippen molar-refractivity contribution < 1.29 is 17.9 Å². The fourth-order valence-electron chi connectivity index (χ4n) is 4.34. The largest absolute Gasteiger partial charge is 0.496 e. The van der Waals surface area contributed by atoms with Crippen LogP contribution in [0, 0.1) is 16.7 Å². The van der Waals surface area contributed by atoms with Gasteiger partial charge in [-0.25, -0.2) is 0 Å². The Morgan fingerprint density at radius 2 is 2.03 bits per heavy atom. The molecule has 0 aromatic heterocycles. The summed E-state index contributed by atoms with van der Waals surface area (Å²) in [6.45, 7) is 7.65. The van der Waals surface area contributed by atoms with Gasteiger partial charge in [0.25, 0.3) is 0 Å². The number of nitriles is 1. The molecule has 0 spiro atoms. The average Bonchev–Trinajstić information content (AvgIpc) is 2.86. The lowest BCUT2D eigenvalue weighted by atomic mass is 9.93. The van der Waals surface area contributed by atoms with E-state index in [9.17, 15) is 13.2 Å². The van der Waals surface area contributed by atoms with Gasteiger partial charge in [0.05, 0.1) is 31.8 Å². The molecule has 0 unspecified atom stereocenters. The zero-order valence-corrected chi connectivity index (χ0v) is 20.3. The van der Waals surface area contributed by atoms with Crippen LogP contribution >= 0.6 is 0 Å². The highest BCUT2D eigenvalue weighted by molar-refractivity contribution is 6.10. The van der Waals surface area contributed by atoms with Crippen molar-refractivity contribution in [1.29, 1.82) is 10.7 Å². The standard InChI is InChI=1S/C26H31F3N6O/c1-3-32-8-6-19-14-20(15-25(36-2)22(19)16-26(27,28)29)23(17-31)24-5-4-21(18-33-24)35-12-10-34(9-7-30)11-13-35/h3-5,14-15,17-18,31-33H,1,6,8-13,16H2,2H3/b24-23+,31-17?. The molecule has 0 amide bonds. The Kier molecular flexibility index (Phi) is 9.19. The predicted molar refractivity (Wildman–Crippen MR) is 134 cm³/mol. The summed E-state index contributed by atoms with van der Waals surface area (Å²) < 4.78 is 45.3. The van der Waals surface area contributed by atoms with Crippen LogP contribution in [-0.2, 0) is 12.8 Å². The van der Waals surface area contributed by atoms with E-state index >= 15 is 0 Å². The number of nitrogens with one attached hydrogen (secondary N) is 3. The average molecular weight is 501 g/mol. The number of hydrogen-bond donors (Lipinski definition) is 3. The lowest BCUT2D eigenvalue weighted by Crippen LogP contribution is -2.46. The van der Waals surface area contributed by atoms with Crippen molar-refractivity contribution in [2.45, 2.75) is 19.0 Å². The van der Waals surface area contributed by atoms with Crippen LogP contribution in [-0.4, -0.2) is 68.6 Å². The van der Waals surface area contributed by atoms with Crippen molar-refractivity contribution in [1.82, 2.24) is 20.4 Å². The number of benzene rings is 1. The van der Waals surface area contributed by atoms with Crippen LogP contribution < -0.4 is 15.4 Å². The number of rotatable bonds is 10. The lowest BCUT2D eigenvalue weighted by Gasteiger charge is -2.36. The normalized spacial score (nSPS) is 17.5. The van der Waals surface area contributed by atoms with Gasteiger partial charge in [0.15, 0.2) is 0 Å². The molecule has 0 bridgehead atoms. The van der Waals surface area contributed by atoms with Gasteiger partial charge in [0.2, 0.25) is 0 Å². The van der Waals surface area contributed by atoms with E-state index in [-0.39, 0.29) is 11.3 Å². The molecular weight excluding hydrogens is 469 g/mol. The van der Waals surface area contributed by atoms with Crippen molar-refractivity contribution in [3.8, 4) is 11.8 Å². The van der Waals surface area contributed by atoms with Crippen LogP contribution in [0.15, 0.2) is 54.7 Å². The van der Waals surface area contributed by atoms with E-state index in [0.29, 0.717) is 41.9 Å². The first-order valence-electron chi connectivity index (χ1n) is 11.6. The molecule has 1 saturated heterocycles. The number of hydrogen-bond acceptors (Lipinski definition) is 7. The van der Waals surface area contributed by atoms with Gasteiger partial charge in [-0.1, -0.05) is 12.6 Å². The second-order valence-electron chi connectivity index (χ2n) is 8.46. The molecule has 1 fully saturated rings. The Morgan fingerprint density at radius 1 is 1.28 bits per heavy atom. The number of piperazine rings is 1. The summed E-state index contributed by atoms with van der Waals surface area (Å²) in [4.78, 5) is 4.32. The van der Waals surface area contributed by atoms with E-state index in [1.807, 2.05) is 18.4 Å². The molecule has 1 aromatic rings. The zero-order chi connectivity index (χ0) is 26.1. The van der Waals surface area contributed by atoms with Crippen LogP contribution in [0.2, 0.25) is 0 Å². The smallest absolute Gasteiger partial charge is 0.393 e. The summed E-state index contributed by atoms with van der Waals surface area (Å²) >= 11 is 0. The monoisotopic (exact) mass is 500 g/mol. The molecular formula is C26H31F3N6O. The van der Waals surface area contributed by atoms with Gasteiger partial charge in [-0.2, -0.15) is 18.4 Å². The Morgan fingerprint density at radius 3 is 2.58 bits per heavy atom. The number of allylic oxidation sites excluding steroid dienone is 3. The van der Waals surface area contributed by atoms with Crippen molar-refractivity contribution in [2.75, 3.05) is 46.4 Å². The fraction of sp³-hybridized carbons (Fsp3) is 0.385. The van der Waals surface area contributed by atoms with Crippen molar-refractivity contribution in [2.24, 2.45) is 0 Å². The predicted octanol–water partition coefficient (Wildman–Crippen LogP) is 3.58. The Labute approximate surface area is 209 Å². The number of ether oxygens (including phenoxy) is 1. The SMILES string of the molecule is C=CNCCc1cc(/C(C=N)=C2\C=CC(N3CCN(CC#N)CC3)=CN2)cc(OC)c1CC(F)(F)F. The fourth-order valence-corrected chi connectivity index (χ4v) is 4.34. The molecule has 0 saturated carbocycles. The molecule has 2 heterocycles. The van der Waals surface area contributed by atoms with E-state index < -0.39 is 12.6 Å². The lowest BCUT2D eigenvalue weighted by molar-refractivity contribution is -0.127. The van der Waals surface area contributed by atoms with Crippen molar-refractivity contribution in [3.05, 3.63) is 71.3 Å². The Balaban J connectivity index is 1.88. The van der Waals surface area contributed by atoms with Crippen molar-refractivity contribution >= 4 is 11.8 Å². The highest BCUT2D eigenvalue weighted by Gasteiger charge is 2.31. The highest BCUT2D eigenvalue weighted by atomic mass is 19.4. The number of methoxy groups -OCH3 is 1. The Hall–Kier alpha value is -3.71. The van der Waals surface area contributed by atoms with Crippen molar-refractivity contribution in [3.63, 3.8) is 0 Å². The molecule has 2 aliphatic heterocycles. The third-order valence-corrected chi connectivity index (χ3v) is 6.16. The maximum Gasteiger partial charge on any atom is 0.393 e. The van der Waals surface area contributed by atoms with Gasteiger partial charge >= 0.3 is 6.18 Å². The zero-order valence-electron chi connectivity index (χ0n) is 20.3. The first-order valence-corrected chi connectivity index (χ1v) is 11.6.